The van der Waals surface area contributed by atoms with E-state index in [4.69, 9.17) is 5.53 Å². The van der Waals surface area contributed by atoms with Gasteiger partial charge in [-0.2, -0.15) is 0 Å². The molecule has 0 amide bonds. The molecular weight excluding hydrogens is 170 g/mol. The molecule has 1 unspecified atom stereocenters. The van der Waals surface area contributed by atoms with Crippen LogP contribution < -0.4 is 0 Å². The lowest BCUT2D eigenvalue weighted by Crippen LogP contribution is -2.34. The summed E-state index contributed by atoms with van der Waals surface area (Å²) in [5, 5.41) is 12.9. The number of aliphatic hydroxyl groups is 1. The molecule has 0 spiro atoms. The van der Waals surface area contributed by atoms with Gasteiger partial charge in [0.15, 0.2) is 0 Å². The number of ketones is 1. The van der Waals surface area contributed by atoms with Crippen LogP contribution in [0.25, 0.3) is 10.4 Å². The SMILES string of the molecule is CC(=O)C1CC[C@@H](O)[C@H](N=[N+]=[N-])C1. The van der Waals surface area contributed by atoms with Gasteiger partial charge in [-0.3, -0.25) is 4.79 Å². The third-order valence-electron chi connectivity index (χ3n) is 2.56. The van der Waals surface area contributed by atoms with Gasteiger partial charge in [-0.1, -0.05) is 5.11 Å². The van der Waals surface area contributed by atoms with Crippen LogP contribution in [0.15, 0.2) is 5.11 Å². The van der Waals surface area contributed by atoms with Crippen molar-refractivity contribution in [1.82, 2.24) is 0 Å². The van der Waals surface area contributed by atoms with E-state index in [0.29, 0.717) is 19.3 Å². The van der Waals surface area contributed by atoms with E-state index in [-0.39, 0.29) is 11.7 Å². The van der Waals surface area contributed by atoms with E-state index in [9.17, 15) is 9.90 Å². The fourth-order valence-corrected chi connectivity index (χ4v) is 1.69. The molecule has 0 aromatic heterocycles. The number of hydrogen-bond acceptors (Lipinski definition) is 3. The summed E-state index contributed by atoms with van der Waals surface area (Å²) in [6, 6.07) is -0.423. The topological polar surface area (TPSA) is 86.1 Å². The predicted molar refractivity (Wildman–Crippen MR) is 47.0 cm³/mol. The van der Waals surface area contributed by atoms with Crippen LogP contribution in [0, 0.1) is 5.92 Å². The highest BCUT2D eigenvalue weighted by Gasteiger charge is 2.30. The van der Waals surface area contributed by atoms with Gasteiger partial charge in [-0.25, -0.2) is 0 Å². The lowest BCUT2D eigenvalue weighted by molar-refractivity contribution is -0.122. The summed E-state index contributed by atoms with van der Waals surface area (Å²) < 4.78 is 0. The summed E-state index contributed by atoms with van der Waals surface area (Å²) in [4.78, 5) is 13.7. The molecule has 0 aromatic rings. The number of rotatable bonds is 2. The first-order valence-electron chi connectivity index (χ1n) is 4.38. The molecule has 13 heavy (non-hydrogen) atoms. The average Bonchev–Trinajstić information content (AvgIpc) is 2.08. The largest absolute Gasteiger partial charge is 0.393 e. The maximum absolute atomic E-state index is 11.0. The molecule has 0 heterocycles. The van der Waals surface area contributed by atoms with Crippen LogP contribution in [-0.4, -0.2) is 23.0 Å². The van der Waals surface area contributed by atoms with Gasteiger partial charge >= 0.3 is 0 Å². The van der Waals surface area contributed by atoms with E-state index in [1.165, 1.54) is 6.92 Å². The monoisotopic (exact) mass is 183 g/mol. The first-order valence-corrected chi connectivity index (χ1v) is 4.38. The van der Waals surface area contributed by atoms with Gasteiger partial charge in [0, 0.05) is 10.8 Å². The van der Waals surface area contributed by atoms with Gasteiger partial charge < -0.3 is 5.11 Å². The third-order valence-corrected chi connectivity index (χ3v) is 2.56. The van der Waals surface area contributed by atoms with Crippen molar-refractivity contribution in [2.75, 3.05) is 0 Å². The van der Waals surface area contributed by atoms with E-state index in [2.05, 4.69) is 10.0 Å². The zero-order valence-corrected chi connectivity index (χ0v) is 7.55. The zero-order chi connectivity index (χ0) is 9.84. The smallest absolute Gasteiger partial charge is 0.132 e. The standard InChI is InChI=1S/C8H13N3O2/c1-5(12)6-2-3-8(13)7(4-6)10-11-9/h6-8,13H,2-4H2,1H3/t6?,7-,8-/m1/s1. The van der Waals surface area contributed by atoms with Crippen LogP contribution in [-0.2, 0) is 4.79 Å². The molecule has 1 fully saturated rings. The van der Waals surface area contributed by atoms with Crippen molar-refractivity contribution in [3.8, 4) is 0 Å². The Morgan fingerprint density at radius 3 is 2.85 bits per heavy atom. The highest BCUT2D eigenvalue weighted by atomic mass is 16.3. The van der Waals surface area contributed by atoms with Crippen LogP contribution in [0.4, 0.5) is 0 Å². The normalized spacial score (nSPS) is 33.5. The summed E-state index contributed by atoms with van der Waals surface area (Å²) in [6.45, 7) is 1.54. The number of aliphatic hydroxyl groups excluding tert-OH is 1. The van der Waals surface area contributed by atoms with Crippen LogP contribution in [0.5, 0.6) is 0 Å². The maximum atomic E-state index is 11.0. The number of Topliss-reactive ketones (excluding diaryl/α,β-unsaturated/α-hetero) is 1. The van der Waals surface area contributed by atoms with Crippen molar-refractivity contribution in [1.29, 1.82) is 0 Å². The van der Waals surface area contributed by atoms with E-state index < -0.39 is 12.1 Å². The molecule has 1 aliphatic rings. The minimum Gasteiger partial charge on any atom is -0.393 e. The second-order valence-electron chi connectivity index (χ2n) is 3.46. The summed E-state index contributed by atoms with van der Waals surface area (Å²) >= 11 is 0. The molecule has 0 bridgehead atoms. The van der Waals surface area contributed by atoms with Gasteiger partial charge in [0.25, 0.3) is 0 Å². The first-order chi connectivity index (χ1) is 6.15. The van der Waals surface area contributed by atoms with E-state index >= 15 is 0 Å². The van der Waals surface area contributed by atoms with Crippen molar-refractivity contribution in [3.63, 3.8) is 0 Å². The molecule has 1 rings (SSSR count). The fraction of sp³-hybridized carbons (Fsp3) is 0.875. The zero-order valence-electron chi connectivity index (χ0n) is 7.55. The summed E-state index contributed by atoms with van der Waals surface area (Å²) in [7, 11) is 0. The lowest BCUT2D eigenvalue weighted by Gasteiger charge is -2.28. The number of nitrogens with zero attached hydrogens (tertiary/aromatic N) is 3. The molecule has 1 N–H and O–H groups in total. The molecule has 5 nitrogen and oxygen atoms in total. The highest BCUT2D eigenvalue weighted by Crippen LogP contribution is 2.27. The molecule has 0 saturated heterocycles. The maximum Gasteiger partial charge on any atom is 0.132 e. The van der Waals surface area contributed by atoms with Crippen molar-refractivity contribution < 1.29 is 9.90 Å². The summed E-state index contributed by atoms with van der Waals surface area (Å²) in [6.07, 6.45) is 1.16. The first kappa shape index (κ1) is 10.0. The lowest BCUT2D eigenvalue weighted by atomic mass is 9.82. The fourth-order valence-electron chi connectivity index (χ4n) is 1.69. The molecular formula is C8H13N3O2. The third kappa shape index (κ3) is 2.44. The molecule has 1 aliphatic carbocycles. The molecule has 3 atom stereocenters. The molecule has 72 valence electrons. The number of carbonyl (C=O) groups is 1. The minimum absolute atomic E-state index is 0.0427. The molecule has 0 aliphatic heterocycles. The van der Waals surface area contributed by atoms with Gasteiger partial charge in [0.05, 0.1) is 12.1 Å². The van der Waals surface area contributed by atoms with Crippen LogP contribution in [0.3, 0.4) is 0 Å². The Morgan fingerprint density at radius 1 is 1.62 bits per heavy atom. The van der Waals surface area contributed by atoms with Crippen LogP contribution in [0.1, 0.15) is 26.2 Å². The Bertz CT molecular complexity index is 248. The molecule has 0 aromatic carbocycles. The molecule has 0 radical (unpaired) electrons. The van der Waals surface area contributed by atoms with E-state index in [1.807, 2.05) is 0 Å². The Labute approximate surface area is 76.4 Å². The number of hydrogen-bond donors (Lipinski definition) is 1. The Hall–Kier alpha value is -1.06. The second kappa shape index (κ2) is 4.25. The van der Waals surface area contributed by atoms with Gasteiger partial charge in [0.1, 0.15) is 5.78 Å². The minimum atomic E-state index is -0.577. The molecule has 1 saturated carbocycles. The van der Waals surface area contributed by atoms with Crippen LogP contribution in [0.2, 0.25) is 0 Å². The number of carbonyl (C=O) groups excluding carboxylic acids is 1. The summed E-state index contributed by atoms with van der Waals surface area (Å²) in [5.74, 6) is 0.0731. The highest BCUT2D eigenvalue weighted by molar-refractivity contribution is 5.78. The van der Waals surface area contributed by atoms with Crippen molar-refractivity contribution in [3.05, 3.63) is 10.4 Å². The van der Waals surface area contributed by atoms with E-state index in [0.717, 1.165) is 0 Å². The van der Waals surface area contributed by atoms with Crippen molar-refractivity contribution >= 4 is 5.78 Å². The summed E-state index contributed by atoms with van der Waals surface area (Å²) in [5.41, 5.74) is 8.22. The van der Waals surface area contributed by atoms with E-state index in [1.54, 1.807) is 0 Å². The van der Waals surface area contributed by atoms with Gasteiger partial charge in [-0.15, -0.1) is 0 Å². The average molecular weight is 183 g/mol. The van der Waals surface area contributed by atoms with Gasteiger partial charge in [0.2, 0.25) is 0 Å². The van der Waals surface area contributed by atoms with Crippen molar-refractivity contribution in [2.45, 2.75) is 38.3 Å². The van der Waals surface area contributed by atoms with Crippen molar-refractivity contribution in [2.24, 2.45) is 11.0 Å². The quantitative estimate of drug-likeness (QED) is 0.398. The second-order valence-corrected chi connectivity index (χ2v) is 3.46. The Kier molecular flexibility index (Phi) is 3.28. The Balaban J connectivity index is 2.62. The Morgan fingerprint density at radius 2 is 2.31 bits per heavy atom. The number of azide groups is 1. The predicted octanol–water partition coefficient (Wildman–Crippen LogP) is 1.42. The van der Waals surface area contributed by atoms with Gasteiger partial charge in [-0.05, 0) is 31.7 Å². The molecule has 5 heteroatoms. The van der Waals surface area contributed by atoms with Crippen LogP contribution >= 0.6 is 0 Å².